The first-order valence-corrected chi connectivity index (χ1v) is 9.62. The predicted molar refractivity (Wildman–Crippen MR) is 109 cm³/mol. The van der Waals surface area contributed by atoms with Gasteiger partial charge in [0.05, 0.1) is 12.3 Å². The normalized spacial score (nSPS) is 10.5. The van der Waals surface area contributed by atoms with Crippen LogP contribution in [0.4, 0.5) is 5.13 Å². The summed E-state index contributed by atoms with van der Waals surface area (Å²) in [5, 5.41) is 5.22. The van der Waals surface area contributed by atoms with E-state index in [1.807, 2.05) is 68.6 Å². The smallest absolute Gasteiger partial charge is 0.264 e. The Balaban J connectivity index is 1.62. The third kappa shape index (κ3) is 4.86. The van der Waals surface area contributed by atoms with Crippen LogP contribution in [0.5, 0.6) is 11.5 Å². The molecule has 140 valence electrons. The van der Waals surface area contributed by atoms with E-state index in [9.17, 15) is 4.79 Å². The molecule has 0 saturated carbocycles. The molecule has 0 unspecified atom stereocenters. The lowest BCUT2D eigenvalue weighted by molar-refractivity contribution is -0.118. The number of ether oxygens (including phenoxy) is 2. The number of carbonyl (C=O) groups is 1. The zero-order valence-electron chi connectivity index (χ0n) is 15.6. The second-order valence-electron chi connectivity index (χ2n) is 6.05. The van der Waals surface area contributed by atoms with E-state index in [-0.39, 0.29) is 12.5 Å². The van der Waals surface area contributed by atoms with E-state index < -0.39 is 0 Å². The van der Waals surface area contributed by atoms with Crippen LogP contribution >= 0.6 is 11.3 Å². The Morgan fingerprint density at radius 3 is 2.70 bits per heavy atom. The average Bonchev–Trinajstić information content (AvgIpc) is 3.11. The van der Waals surface area contributed by atoms with Crippen molar-refractivity contribution in [3.8, 4) is 22.8 Å². The van der Waals surface area contributed by atoms with E-state index in [1.54, 1.807) is 0 Å². The van der Waals surface area contributed by atoms with Crippen LogP contribution in [-0.4, -0.2) is 24.1 Å². The van der Waals surface area contributed by atoms with Gasteiger partial charge in [0.15, 0.2) is 11.7 Å². The average molecular weight is 382 g/mol. The van der Waals surface area contributed by atoms with Gasteiger partial charge in [-0.25, -0.2) is 4.98 Å². The molecule has 0 aliphatic rings. The molecule has 1 N–H and O–H groups in total. The predicted octanol–water partition coefficient (Wildman–Crippen LogP) is 4.84. The lowest BCUT2D eigenvalue weighted by Crippen LogP contribution is -2.20. The topological polar surface area (TPSA) is 60.5 Å². The summed E-state index contributed by atoms with van der Waals surface area (Å²) in [6.45, 7) is 6.52. The standard InChI is InChI=1S/C21H22N2O3S/c1-4-25-19-8-6-5-7-17(19)18-13-27-21(22-18)23-20(24)12-26-16-10-9-14(2)15(3)11-16/h5-11,13H,4,12H2,1-3H3,(H,22,23,24). The van der Waals surface area contributed by atoms with Gasteiger partial charge < -0.3 is 9.47 Å². The van der Waals surface area contributed by atoms with Crippen LogP contribution in [0.2, 0.25) is 0 Å². The Hall–Kier alpha value is -2.86. The lowest BCUT2D eigenvalue weighted by atomic mass is 10.1. The Kier molecular flexibility index (Phi) is 6.08. The molecule has 0 bridgehead atoms. The molecule has 1 amide bonds. The summed E-state index contributed by atoms with van der Waals surface area (Å²) in [6, 6.07) is 13.5. The van der Waals surface area contributed by atoms with Gasteiger partial charge in [-0.2, -0.15) is 0 Å². The Bertz CT molecular complexity index is 937. The molecule has 0 atom stereocenters. The van der Waals surface area contributed by atoms with E-state index in [0.29, 0.717) is 17.5 Å². The third-order valence-electron chi connectivity index (χ3n) is 4.06. The molecule has 6 heteroatoms. The SMILES string of the molecule is CCOc1ccccc1-c1csc(NC(=O)COc2ccc(C)c(C)c2)n1. The number of anilines is 1. The maximum absolute atomic E-state index is 12.2. The van der Waals surface area contributed by atoms with Gasteiger partial charge in [0.1, 0.15) is 11.5 Å². The number of amides is 1. The number of aryl methyl sites for hydroxylation is 2. The molecular weight excluding hydrogens is 360 g/mol. The summed E-state index contributed by atoms with van der Waals surface area (Å²) in [6.07, 6.45) is 0. The molecule has 0 fully saturated rings. The number of benzene rings is 2. The molecule has 3 rings (SSSR count). The minimum absolute atomic E-state index is 0.0626. The van der Waals surface area contributed by atoms with Crippen molar-refractivity contribution in [1.82, 2.24) is 4.98 Å². The number of thiazole rings is 1. The van der Waals surface area contributed by atoms with Gasteiger partial charge in [0.2, 0.25) is 0 Å². The number of carbonyl (C=O) groups excluding carboxylic acids is 1. The second kappa shape index (κ2) is 8.68. The van der Waals surface area contributed by atoms with E-state index in [0.717, 1.165) is 22.6 Å². The van der Waals surface area contributed by atoms with Gasteiger partial charge in [-0.15, -0.1) is 11.3 Å². The number of hydrogen-bond acceptors (Lipinski definition) is 5. The first kappa shape index (κ1) is 18.9. The first-order chi connectivity index (χ1) is 13.1. The lowest BCUT2D eigenvalue weighted by Gasteiger charge is -2.08. The van der Waals surface area contributed by atoms with Crippen LogP contribution < -0.4 is 14.8 Å². The molecule has 0 saturated heterocycles. The highest BCUT2D eigenvalue weighted by Crippen LogP contribution is 2.32. The molecular formula is C21H22N2O3S. The monoisotopic (exact) mass is 382 g/mol. The van der Waals surface area contributed by atoms with Crippen LogP contribution in [0.25, 0.3) is 11.3 Å². The largest absolute Gasteiger partial charge is 0.493 e. The van der Waals surface area contributed by atoms with Crippen LogP contribution in [0, 0.1) is 13.8 Å². The van der Waals surface area contributed by atoms with Crippen molar-refractivity contribution in [2.75, 3.05) is 18.5 Å². The van der Waals surface area contributed by atoms with Crippen molar-refractivity contribution >= 4 is 22.4 Å². The second-order valence-corrected chi connectivity index (χ2v) is 6.91. The van der Waals surface area contributed by atoms with E-state index in [2.05, 4.69) is 10.3 Å². The number of nitrogens with one attached hydrogen (secondary N) is 1. The van der Waals surface area contributed by atoms with Crippen molar-refractivity contribution in [3.63, 3.8) is 0 Å². The molecule has 0 spiro atoms. The molecule has 0 aliphatic heterocycles. The third-order valence-corrected chi connectivity index (χ3v) is 4.82. The number of para-hydroxylation sites is 1. The highest BCUT2D eigenvalue weighted by molar-refractivity contribution is 7.14. The van der Waals surface area contributed by atoms with Crippen LogP contribution in [0.3, 0.4) is 0 Å². The van der Waals surface area contributed by atoms with Crippen molar-refractivity contribution in [2.24, 2.45) is 0 Å². The van der Waals surface area contributed by atoms with Gasteiger partial charge in [0, 0.05) is 10.9 Å². The summed E-state index contributed by atoms with van der Waals surface area (Å²) < 4.78 is 11.2. The van der Waals surface area contributed by atoms with Gasteiger partial charge >= 0.3 is 0 Å². The summed E-state index contributed by atoms with van der Waals surface area (Å²) in [5.41, 5.74) is 4.00. The Morgan fingerprint density at radius 2 is 1.93 bits per heavy atom. The molecule has 5 nitrogen and oxygen atoms in total. The highest BCUT2D eigenvalue weighted by Gasteiger charge is 2.12. The summed E-state index contributed by atoms with van der Waals surface area (Å²) >= 11 is 1.37. The van der Waals surface area contributed by atoms with Crippen molar-refractivity contribution in [1.29, 1.82) is 0 Å². The maximum Gasteiger partial charge on any atom is 0.264 e. The van der Waals surface area contributed by atoms with E-state index in [1.165, 1.54) is 16.9 Å². The van der Waals surface area contributed by atoms with Gasteiger partial charge in [-0.3, -0.25) is 10.1 Å². The van der Waals surface area contributed by atoms with E-state index >= 15 is 0 Å². The van der Waals surface area contributed by atoms with Crippen LogP contribution in [0.15, 0.2) is 47.8 Å². The van der Waals surface area contributed by atoms with Gasteiger partial charge in [-0.1, -0.05) is 18.2 Å². The molecule has 3 aromatic rings. The number of aromatic nitrogens is 1. The minimum Gasteiger partial charge on any atom is -0.493 e. The van der Waals surface area contributed by atoms with Crippen LogP contribution in [-0.2, 0) is 4.79 Å². The maximum atomic E-state index is 12.2. The summed E-state index contributed by atoms with van der Waals surface area (Å²) in [4.78, 5) is 16.7. The minimum atomic E-state index is -0.243. The fourth-order valence-corrected chi connectivity index (χ4v) is 3.25. The van der Waals surface area contributed by atoms with Gasteiger partial charge in [0.25, 0.3) is 5.91 Å². The van der Waals surface area contributed by atoms with Gasteiger partial charge in [-0.05, 0) is 56.2 Å². The summed E-state index contributed by atoms with van der Waals surface area (Å²) in [7, 11) is 0. The number of nitrogens with zero attached hydrogens (tertiary/aromatic N) is 1. The molecule has 0 radical (unpaired) electrons. The quantitative estimate of drug-likeness (QED) is 0.635. The molecule has 2 aromatic carbocycles. The molecule has 27 heavy (non-hydrogen) atoms. The molecule has 1 heterocycles. The van der Waals surface area contributed by atoms with Crippen molar-refractivity contribution in [3.05, 3.63) is 59.0 Å². The number of rotatable bonds is 7. The van der Waals surface area contributed by atoms with Crippen molar-refractivity contribution in [2.45, 2.75) is 20.8 Å². The fraction of sp³-hybridized carbons (Fsp3) is 0.238. The Labute approximate surface area is 163 Å². The first-order valence-electron chi connectivity index (χ1n) is 8.74. The highest BCUT2D eigenvalue weighted by atomic mass is 32.1. The molecule has 1 aromatic heterocycles. The Morgan fingerprint density at radius 1 is 1.11 bits per heavy atom. The zero-order valence-corrected chi connectivity index (χ0v) is 16.4. The summed E-state index contributed by atoms with van der Waals surface area (Å²) in [5.74, 6) is 1.21. The van der Waals surface area contributed by atoms with Crippen molar-refractivity contribution < 1.29 is 14.3 Å². The fourth-order valence-electron chi connectivity index (χ4n) is 2.52. The van der Waals surface area contributed by atoms with Crippen LogP contribution in [0.1, 0.15) is 18.1 Å². The molecule has 0 aliphatic carbocycles. The van der Waals surface area contributed by atoms with E-state index in [4.69, 9.17) is 9.47 Å². The zero-order chi connectivity index (χ0) is 19.2. The number of hydrogen-bond donors (Lipinski definition) is 1.